The Kier molecular flexibility index (Phi) is 3.33. The van der Waals surface area contributed by atoms with Crippen molar-refractivity contribution in [3.8, 4) is 17.0 Å². The number of aryl methyl sites for hydroxylation is 1. The highest BCUT2D eigenvalue weighted by Crippen LogP contribution is 2.25. The summed E-state index contributed by atoms with van der Waals surface area (Å²) in [5.74, 6) is -0.495. The third kappa shape index (κ3) is 2.47. The molecule has 6 nitrogen and oxygen atoms in total. The number of carbonyl (C=O) groups is 1. The van der Waals surface area contributed by atoms with Gasteiger partial charge in [0.25, 0.3) is 0 Å². The SMILES string of the molecule is COC(=O)c1nc(-c2ccc(C)c(O)c2)cnc1N. The highest BCUT2D eigenvalue weighted by Gasteiger charge is 2.15. The minimum Gasteiger partial charge on any atom is -0.508 e. The number of aromatic nitrogens is 2. The Morgan fingerprint density at radius 1 is 1.42 bits per heavy atom. The zero-order valence-corrected chi connectivity index (χ0v) is 10.5. The van der Waals surface area contributed by atoms with Gasteiger partial charge in [-0.05, 0) is 18.6 Å². The second-order valence-electron chi connectivity index (χ2n) is 3.98. The lowest BCUT2D eigenvalue weighted by Gasteiger charge is -2.06. The highest BCUT2D eigenvalue weighted by molar-refractivity contribution is 5.92. The fourth-order valence-electron chi connectivity index (χ4n) is 1.55. The van der Waals surface area contributed by atoms with Crippen LogP contribution in [0, 0.1) is 6.92 Å². The monoisotopic (exact) mass is 259 g/mol. The van der Waals surface area contributed by atoms with Crippen LogP contribution in [0.5, 0.6) is 5.75 Å². The van der Waals surface area contributed by atoms with Crippen molar-refractivity contribution in [2.24, 2.45) is 0 Å². The standard InChI is InChI=1S/C13H13N3O3/c1-7-3-4-8(5-10(7)17)9-6-15-12(14)11(16-9)13(18)19-2/h3-6,17H,1-2H3,(H2,14,15). The third-order valence-corrected chi connectivity index (χ3v) is 2.68. The van der Waals surface area contributed by atoms with Gasteiger partial charge in [0.2, 0.25) is 0 Å². The maximum Gasteiger partial charge on any atom is 0.360 e. The van der Waals surface area contributed by atoms with Gasteiger partial charge < -0.3 is 15.6 Å². The molecule has 19 heavy (non-hydrogen) atoms. The maximum absolute atomic E-state index is 11.5. The largest absolute Gasteiger partial charge is 0.508 e. The van der Waals surface area contributed by atoms with Crippen LogP contribution in [0.2, 0.25) is 0 Å². The molecule has 0 aliphatic carbocycles. The van der Waals surface area contributed by atoms with E-state index in [0.29, 0.717) is 11.3 Å². The van der Waals surface area contributed by atoms with E-state index in [4.69, 9.17) is 5.73 Å². The van der Waals surface area contributed by atoms with Crippen LogP contribution in [0.15, 0.2) is 24.4 Å². The average molecular weight is 259 g/mol. The molecular weight excluding hydrogens is 246 g/mol. The number of carbonyl (C=O) groups excluding carboxylic acids is 1. The number of hydrogen-bond acceptors (Lipinski definition) is 6. The number of methoxy groups -OCH3 is 1. The van der Waals surface area contributed by atoms with Crippen LogP contribution in [0.25, 0.3) is 11.3 Å². The van der Waals surface area contributed by atoms with E-state index in [-0.39, 0.29) is 17.3 Å². The van der Waals surface area contributed by atoms with Crippen LogP contribution < -0.4 is 5.73 Å². The maximum atomic E-state index is 11.5. The lowest BCUT2D eigenvalue weighted by atomic mass is 10.1. The van der Waals surface area contributed by atoms with E-state index < -0.39 is 5.97 Å². The fraction of sp³-hybridized carbons (Fsp3) is 0.154. The highest BCUT2D eigenvalue weighted by atomic mass is 16.5. The van der Waals surface area contributed by atoms with Gasteiger partial charge in [0.05, 0.1) is 19.0 Å². The number of nitrogen functional groups attached to an aromatic ring is 1. The van der Waals surface area contributed by atoms with E-state index in [1.165, 1.54) is 13.3 Å². The van der Waals surface area contributed by atoms with E-state index >= 15 is 0 Å². The lowest BCUT2D eigenvalue weighted by molar-refractivity contribution is 0.0595. The van der Waals surface area contributed by atoms with E-state index in [1.54, 1.807) is 25.1 Å². The van der Waals surface area contributed by atoms with Crippen molar-refractivity contribution < 1.29 is 14.6 Å². The number of aromatic hydroxyl groups is 1. The number of phenolic OH excluding ortho intramolecular Hbond substituents is 1. The van der Waals surface area contributed by atoms with Crippen LogP contribution in [0.3, 0.4) is 0 Å². The van der Waals surface area contributed by atoms with E-state index in [1.807, 2.05) is 0 Å². The van der Waals surface area contributed by atoms with Gasteiger partial charge in [0, 0.05) is 5.56 Å². The molecule has 0 saturated carbocycles. The van der Waals surface area contributed by atoms with Gasteiger partial charge in [-0.2, -0.15) is 0 Å². The first-order valence-corrected chi connectivity index (χ1v) is 5.53. The summed E-state index contributed by atoms with van der Waals surface area (Å²) >= 11 is 0. The van der Waals surface area contributed by atoms with E-state index in [0.717, 1.165) is 5.56 Å². The first-order chi connectivity index (χ1) is 9.02. The molecule has 0 aliphatic rings. The van der Waals surface area contributed by atoms with Crippen molar-refractivity contribution in [2.45, 2.75) is 6.92 Å². The number of hydrogen-bond donors (Lipinski definition) is 2. The number of esters is 1. The van der Waals surface area contributed by atoms with Crippen LogP contribution in [0.4, 0.5) is 5.82 Å². The Labute approximate surface area is 109 Å². The minimum absolute atomic E-state index is 0.00642. The zero-order valence-electron chi connectivity index (χ0n) is 10.5. The first-order valence-electron chi connectivity index (χ1n) is 5.53. The minimum atomic E-state index is -0.650. The van der Waals surface area contributed by atoms with Gasteiger partial charge in [-0.25, -0.2) is 14.8 Å². The quantitative estimate of drug-likeness (QED) is 0.793. The van der Waals surface area contributed by atoms with Crippen LogP contribution >= 0.6 is 0 Å². The summed E-state index contributed by atoms with van der Waals surface area (Å²) < 4.78 is 4.58. The number of benzene rings is 1. The van der Waals surface area contributed by atoms with Gasteiger partial charge in [-0.1, -0.05) is 12.1 Å². The predicted molar refractivity (Wildman–Crippen MR) is 69.6 cm³/mol. The molecule has 0 fully saturated rings. The van der Waals surface area contributed by atoms with Crippen LogP contribution in [-0.2, 0) is 4.74 Å². The number of nitrogens with zero attached hydrogens (tertiary/aromatic N) is 2. The molecule has 1 aromatic carbocycles. The molecule has 3 N–H and O–H groups in total. The Morgan fingerprint density at radius 2 is 2.16 bits per heavy atom. The van der Waals surface area contributed by atoms with Gasteiger partial charge in [-0.15, -0.1) is 0 Å². The molecule has 1 heterocycles. The second kappa shape index (κ2) is 4.93. The summed E-state index contributed by atoms with van der Waals surface area (Å²) in [4.78, 5) is 19.5. The predicted octanol–water partition coefficient (Wildman–Crippen LogP) is 1.53. The Bertz CT molecular complexity index is 641. The van der Waals surface area contributed by atoms with Crippen molar-refractivity contribution in [3.63, 3.8) is 0 Å². The smallest absolute Gasteiger partial charge is 0.360 e. The molecule has 1 aromatic heterocycles. The number of phenols is 1. The van der Waals surface area contributed by atoms with Gasteiger partial charge >= 0.3 is 5.97 Å². The number of ether oxygens (including phenoxy) is 1. The third-order valence-electron chi connectivity index (χ3n) is 2.68. The second-order valence-corrected chi connectivity index (χ2v) is 3.98. The van der Waals surface area contributed by atoms with E-state index in [9.17, 15) is 9.90 Å². The molecule has 98 valence electrons. The summed E-state index contributed by atoms with van der Waals surface area (Å²) in [5, 5.41) is 9.68. The average Bonchev–Trinajstić information content (AvgIpc) is 2.41. The van der Waals surface area contributed by atoms with E-state index in [2.05, 4.69) is 14.7 Å². The van der Waals surface area contributed by atoms with Crippen molar-refractivity contribution in [3.05, 3.63) is 35.7 Å². The lowest BCUT2D eigenvalue weighted by Crippen LogP contribution is -2.10. The molecule has 0 bridgehead atoms. The summed E-state index contributed by atoms with van der Waals surface area (Å²) in [5.41, 5.74) is 7.36. The van der Waals surface area contributed by atoms with Gasteiger partial charge in [0.15, 0.2) is 11.5 Å². The van der Waals surface area contributed by atoms with Gasteiger partial charge in [-0.3, -0.25) is 0 Å². The molecule has 0 aliphatic heterocycles. The molecule has 0 saturated heterocycles. The molecule has 2 aromatic rings. The summed E-state index contributed by atoms with van der Waals surface area (Å²) in [7, 11) is 1.24. The number of rotatable bonds is 2. The number of nitrogens with two attached hydrogens (primary N) is 1. The van der Waals surface area contributed by atoms with Crippen molar-refractivity contribution >= 4 is 11.8 Å². The Balaban J connectivity index is 2.51. The molecule has 0 radical (unpaired) electrons. The molecular formula is C13H13N3O3. The van der Waals surface area contributed by atoms with Crippen LogP contribution in [-0.4, -0.2) is 28.2 Å². The first kappa shape index (κ1) is 12.8. The molecule has 2 rings (SSSR count). The molecule has 0 spiro atoms. The Morgan fingerprint density at radius 3 is 2.79 bits per heavy atom. The Hall–Kier alpha value is -2.63. The van der Waals surface area contributed by atoms with Crippen molar-refractivity contribution in [2.75, 3.05) is 12.8 Å². The molecule has 0 atom stereocenters. The van der Waals surface area contributed by atoms with Crippen LogP contribution in [0.1, 0.15) is 16.1 Å². The molecule has 6 heteroatoms. The molecule has 0 unspecified atom stereocenters. The summed E-state index contributed by atoms with van der Waals surface area (Å²) in [6.45, 7) is 1.79. The topological polar surface area (TPSA) is 98.3 Å². The molecule has 0 amide bonds. The number of anilines is 1. The van der Waals surface area contributed by atoms with Gasteiger partial charge in [0.1, 0.15) is 5.75 Å². The normalized spacial score (nSPS) is 10.2. The summed E-state index contributed by atoms with van der Waals surface area (Å²) in [6.07, 6.45) is 1.44. The van der Waals surface area contributed by atoms with Crippen molar-refractivity contribution in [1.82, 2.24) is 9.97 Å². The van der Waals surface area contributed by atoms with Crippen molar-refractivity contribution in [1.29, 1.82) is 0 Å². The fourth-order valence-corrected chi connectivity index (χ4v) is 1.55. The summed E-state index contributed by atoms with van der Waals surface area (Å²) in [6, 6.07) is 5.08. The zero-order chi connectivity index (χ0) is 14.0.